The lowest BCUT2D eigenvalue weighted by Crippen LogP contribution is -2.38. The number of rotatable bonds is 5. The smallest absolute Gasteiger partial charge is 0.344 e. The Morgan fingerprint density at radius 1 is 1.00 bits per heavy atom. The van der Waals surface area contributed by atoms with Crippen molar-refractivity contribution >= 4 is 40.6 Å². The number of anilines is 1. The standard InChI is InChI=1S/C25H23Cl2N3O2/c1-29(21-14-12-20(27)13-15-21)25(31)30-16-22(24(32-2)18-6-4-3-5-7-18)23(28-30)17-8-10-19(26)11-9-17/h3-15,22,24H,16H2,1-2H3. The van der Waals surface area contributed by atoms with Crippen LogP contribution in [-0.4, -0.2) is 37.5 Å². The third kappa shape index (κ3) is 4.65. The van der Waals surface area contributed by atoms with Gasteiger partial charge in [0.05, 0.1) is 24.3 Å². The maximum Gasteiger partial charge on any atom is 0.344 e. The van der Waals surface area contributed by atoms with Crippen molar-refractivity contribution in [2.24, 2.45) is 11.0 Å². The Bertz CT molecular complexity index is 1100. The average Bonchev–Trinajstić information content (AvgIpc) is 3.25. The van der Waals surface area contributed by atoms with E-state index in [2.05, 4.69) is 0 Å². The number of methoxy groups -OCH3 is 1. The van der Waals surface area contributed by atoms with Gasteiger partial charge in [0.2, 0.25) is 0 Å². The fourth-order valence-electron chi connectivity index (χ4n) is 3.89. The molecule has 164 valence electrons. The molecule has 1 aliphatic heterocycles. The van der Waals surface area contributed by atoms with Gasteiger partial charge in [0.1, 0.15) is 0 Å². The van der Waals surface area contributed by atoms with Gasteiger partial charge in [0.25, 0.3) is 0 Å². The van der Waals surface area contributed by atoms with Crippen molar-refractivity contribution in [3.8, 4) is 0 Å². The number of urea groups is 1. The van der Waals surface area contributed by atoms with Gasteiger partial charge in [-0.2, -0.15) is 5.10 Å². The maximum atomic E-state index is 13.3. The van der Waals surface area contributed by atoms with Gasteiger partial charge >= 0.3 is 6.03 Å². The SMILES string of the molecule is COC(c1ccccc1)C1CN(C(=O)N(C)c2ccc(Cl)cc2)N=C1c1ccc(Cl)cc1. The quantitative estimate of drug-likeness (QED) is 0.443. The molecule has 5 nitrogen and oxygen atoms in total. The first kappa shape index (κ1) is 22.3. The summed E-state index contributed by atoms with van der Waals surface area (Å²) in [6.07, 6.45) is -0.260. The molecule has 0 aliphatic carbocycles. The van der Waals surface area contributed by atoms with Crippen LogP contribution in [0, 0.1) is 5.92 Å². The molecular formula is C25H23Cl2N3O2. The van der Waals surface area contributed by atoms with E-state index in [0.29, 0.717) is 16.6 Å². The lowest BCUT2D eigenvalue weighted by atomic mass is 9.88. The summed E-state index contributed by atoms with van der Waals surface area (Å²) in [6.45, 7) is 0.391. The summed E-state index contributed by atoms with van der Waals surface area (Å²) in [5.41, 5.74) is 3.46. The molecule has 4 rings (SSSR count). The Kier molecular flexibility index (Phi) is 6.80. The van der Waals surface area contributed by atoms with Crippen LogP contribution in [0.15, 0.2) is 84.0 Å². The predicted octanol–water partition coefficient (Wildman–Crippen LogP) is 6.27. The lowest BCUT2D eigenvalue weighted by Gasteiger charge is -2.26. The molecule has 1 aliphatic rings. The van der Waals surface area contributed by atoms with Crippen molar-refractivity contribution in [1.82, 2.24) is 5.01 Å². The van der Waals surface area contributed by atoms with E-state index in [1.54, 1.807) is 43.3 Å². The highest BCUT2D eigenvalue weighted by molar-refractivity contribution is 6.31. The number of amides is 2. The van der Waals surface area contributed by atoms with Crippen LogP contribution in [0.5, 0.6) is 0 Å². The maximum absolute atomic E-state index is 13.3. The van der Waals surface area contributed by atoms with E-state index >= 15 is 0 Å². The molecule has 0 saturated carbocycles. The zero-order valence-corrected chi connectivity index (χ0v) is 19.3. The summed E-state index contributed by atoms with van der Waals surface area (Å²) < 4.78 is 5.91. The molecule has 1 heterocycles. The van der Waals surface area contributed by atoms with E-state index in [9.17, 15) is 4.79 Å². The number of benzene rings is 3. The second kappa shape index (κ2) is 9.74. The molecule has 2 amide bonds. The molecule has 0 saturated heterocycles. The van der Waals surface area contributed by atoms with Crippen molar-refractivity contribution in [2.75, 3.05) is 25.6 Å². The highest BCUT2D eigenvalue weighted by atomic mass is 35.5. The van der Waals surface area contributed by atoms with E-state index in [1.165, 1.54) is 5.01 Å². The van der Waals surface area contributed by atoms with Gasteiger partial charge in [-0.15, -0.1) is 0 Å². The second-order valence-corrected chi connectivity index (χ2v) is 8.44. The first-order chi connectivity index (χ1) is 15.5. The normalized spacial score (nSPS) is 16.6. The van der Waals surface area contributed by atoms with Crippen molar-refractivity contribution in [1.29, 1.82) is 0 Å². The van der Waals surface area contributed by atoms with Gasteiger partial charge in [-0.25, -0.2) is 9.80 Å². The molecule has 0 bridgehead atoms. The van der Waals surface area contributed by atoms with Gasteiger partial charge in [0.15, 0.2) is 0 Å². The minimum absolute atomic E-state index is 0.147. The molecule has 3 aromatic rings. The van der Waals surface area contributed by atoms with Gasteiger partial charge in [0, 0.05) is 29.9 Å². The Morgan fingerprint density at radius 2 is 1.59 bits per heavy atom. The number of hydrogen-bond donors (Lipinski definition) is 0. The van der Waals surface area contributed by atoms with Crippen LogP contribution < -0.4 is 4.90 Å². The number of carbonyl (C=O) groups is 1. The summed E-state index contributed by atoms with van der Waals surface area (Å²) in [7, 11) is 3.41. The fraction of sp³-hybridized carbons (Fsp3) is 0.200. The molecule has 0 fully saturated rings. The van der Waals surface area contributed by atoms with Gasteiger partial charge < -0.3 is 4.74 Å². The second-order valence-electron chi connectivity index (χ2n) is 7.57. The van der Waals surface area contributed by atoms with E-state index < -0.39 is 0 Å². The summed E-state index contributed by atoms with van der Waals surface area (Å²) >= 11 is 12.1. The minimum atomic E-state index is -0.260. The molecule has 0 N–H and O–H groups in total. The first-order valence-corrected chi connectivity index (χ1v) is 11.0. The number of nitrogens with zero attached hydrogens (tertiary/aromatic N) is 3. The fourth-order valence-corrected chi connectivity index (χ4v) is 4.15. The van der Waals surface area contributed by atoms with Crippen molar-refractivity contribution in [3.63, 3.8) is 0 Å². The Hall–Kier alpha value is -2.86. The van der Waals surface area contributed by atoms with Crippen LogP contribution in [0.25, 0.3) is 0 Å². The third-order valence-electron chi connectivity index (χ3n) is 5.56. The zero-order chi connectivity index (χ0) is 22.7. The van der Waals surface area contributed by atoms with Crippen molar-refractivity contribution in [3.05, 3.63) is 100 Å². The molecule has 0 spiro atoms. The summed E-state index contributed by atoms with van der Waals surface area (Å²) in [5, 5.41) is 7.50. The Balaban J connectivity index is 1.68. The topological polar surface area (TPSA) is 45.1 Å². The highest BCUT2D eigenvalue weighted by Crippen LogP contribution is 2.34. The van der Waals surface area contributed by atoms with Crippen LogP contribution in [0.4, 0.5) is 10.5 Å². The molecule has 0 aromatic heterocycles. The number of carbonyl (C=O) groups excluding carboxylic acids is 1. The Labute approximate surface area is 197 Å². The molecular weight excluding hydrogens is 445 g/mol. The van der Waals surface area contributed by atoms with Crippen molar-refractivity contribution in [2.45, 2.75) is 6.10 Å². The van der Waals surface area contributed by atoms with Crippen LogP contribution in [-0.2, 0) is 4.74 Å². The number of halogens is 2. The molecule has 2 atom stereocenters. The van der Waals surface area contributed by atoms with Crippen LogP contribution in [0.3, 0.4) is 0 Å². The average molecular weight is 468 g/mol. The van der Waals surface area contributed by atoms with Crippen LogP contribution in [0.1, 0.15) is 17.2 Å². The zero-order valence-electron chi connectivity index (χ0n) is 17.8. The predicted molar refractivity (Wildman–Crippen MR) is 130 cm³/mol. The number of hydrazone groups is 1. The third-order valence-corrected chi connectivity index (χ3v) is 6.06. The highest BCUT2D eigenvalue weighted by Gasteiger charge is 2.38. The molecule has 3 aromatic carbocycles. The summed E-state index contributed by atoms with van der Waals surface area (Å²) in [5.74, 6) is -0.147. The monoisotopic (exact) mass is 467 g/mol. The largest absolute Gasteiger partial charge is 0.376 e. The van der Waals surface area contributed by atoms with E-state index in [4.69, 9.17) is 33.0 Å². The first-order valence-electron chi connectivity index (χ1n) is 10.2. The van der Waals surface area contributed by atoms with Crippen LogP contribution >= 0.6 is 23.2 Å². The van der Waals surface area contributed by atoms with Gasteiger partial charge in [-0.1, -0.05) is 65.7 Å². The molecule has 7 heteroatoms. The van der Waals surface area contributed by atoms with E-state index in [0.717, 1.165) is 22.5 Å². The van der Waals surface area contributed by atoms with E-state index in [-0.39, 0.29) is 18.1 Å². The Morgan fingerprint density at radius 3 is 2.19 bits per heavy atom. The number of hydrogen-bond acceptors (Lipinski definition) is 3. The molecule has 32 heavy (non-hydrogen) atoms. The van der Waals surface area contributed by atoms with Gasteiger partial charge in [-0.3, -0.25) is 4.90 Å². The minimum Gasteiger partial charge on any atom is -0.376 e. The lowest BCUT2D eigenvalue weighted by molar-refractivity contribution is 0.0710. The van der Waals surface area contributed by atoms with Gasteiger partial charge in [-0.05, 0) is 47.5 Å². The number of ether oxygens (including phenoxy) is 1. The summed E-state index contributed by atoms with van der Waals surface area (Å²) in [4.78, 5) is 14.9. The molecule has 0 radical (unpaired) electrons. The molecule has 2 unspecified atom stereocenters. The summed E-state index contributed by atoms with van der Waals surface area (Å²) in [6, 6.07) is 24.4. The van der Waals surface area contributed by atoms with Crippen molar-refractivity contribution < 1.29 is 9.53 Å². The van der Waals surface area contributed by atoms with Crippen LogP contribution in [0.2, 0.25) is 10.0 Å². The van der Waals surface area contributed by atoms with E-state index in [1.807, 2.05) is 54.6 Å².